The normalized spacial score (nSPS) is 22.2. The third-order valence-electron chi connectivity index (χ3n) is 5.65. The summed E-state index contributed by atoms with van der Waals surface area (Å²) in [6.07, 6.45) is 9.51. The van der Waals surface area contributed by atoms with Gasteiger partial charge < -0.3 is 4.74 Å². The number of nitrogens with zero attached hydrogens (tertiary/aromatic N) is 1. The van der Waals surface area contributed by atoms with Crippen LogP contribution in [0.1, 0.15) is 33.3 Å². The molecule has 3 nitrogen and oxygen atoms in total. The van der Waals surface area contributed by atoms with Gasteiger partial charge in [-0.15, -0.1) is 11.8 Å². The molecule has 154 valence electrons. The lowest BCUT2D eigenvalue weighted by Gasteiger charge is -2.29. The number of benzene rings is 1. The minimum absolute atomic E-state index is 0.180. The summed E-state index contributed by atoms with van der Waals surface area (Å²) >= 11 is 2.00. The molecule has 1 heterocycles. The summed E-state index contributed by atoms with van der Waals surface area (Å²) in [4.78, 5) is 14.9. The fraction of sp³-hybridized carbons (Fsp3) is 0.542. The maximum atomic E-state index is 12.3. The van der Waals surface area contributed by atoms with Crippen molar-refractivity contribution in [3.05, 3.63) is 60.2 Å². The van der Waals surface area contributed by atoms with E-state index in [2.05, 4.69) is 70.0 Å². The molecule has 0 amide bonds. The molecule has 1 aliphatic heterocycles. The van der Waals surface area contributed by atoms with Gasteiger partial charge in [-0.3, -0.25) is 9.69 Å². The Kier molecular flexibility index (Phi) is 8.38. The molecule has 0 bridgehead atoms. The van der Waals surface area contributed by atoms with Crippen LogP contribution in [-0.4, -0.2) is 41.7 Å². The van der Waals surface area contributed by atoms with E-state index in [9.17, 15) is 4.79 Å². The van der Waals surface area contributed by atoms with E-state index in [1.807, 2.05) is 36.0 Å². The van der Waals surface area contributed by atoms with Crippen LogP contribution in [-0.2, 0) is 16.0 Å². The van der Waals surface area contributed by atoms with E-state index in [-0.39, 0.29) is 16.8 Å². The minimum atomic E-state index is -0.259. The first-order chi connectivity index (χ1) is 13.2. The summed E-state index contributed by atoms with van der Waals surface area (Å²) in [5.41, 5.74) is 1.14. The highest BCUT2D eigenvalue weighted by Crippen LogP contribution is 2.37. The van der Waals surface area contributed by atoms with Gasteiger partial charge in [-0.1, -0.05) is 68.5 Å². The fourth-order valence-electron chi connectivity index (χ4n) is 3.36. The first kappa shape index (κ1) is 22.8. The number of allylic oxidation sites excluding steroid dienone is 2. The molecular weight excluding hydrogens is 366 g/mol. The molecule has 1 aromatic rings. The second-order valence-corrected chi connectivity index (χ2v) is 9.97. The summed E-state index contributed by atoms with van der Waals surface area (Å²) in [5.74, 6) is 1.44. The summed E-state index contributed by atoms with van der Waals surface area (Å²) in [6, 6.07) is 10.6. The van der Waals surface area contributed by atoms with Crippen molar-refractivity contribution in [1.29, 1.82) is 0 Å². The van der Waals surface area contributed by atoms with Crippen LogP contribution in [0.3, 0.4) is 0 Å². The van der Waals surface area contributed by atoms with Crippen LogP contribution in [0.2, 0.25) is 0 Å². The number of carbonyl (C=O) groups is 1. The van der Waals surface area contributed by atoms with Gasteiger partial charge in [-0.05, 0) is 44.7 Å². The van der Waals surface area contributed by atoms with Gasteiger partial charge in [-0.2, -0.15) is 0 Å². The minimum Gasteiger partial charge on any atom is -0.469 e. The number of likely N-dealkylation sites (N-methyl/N-ethyl adjacent to an activating group) is 1. The van der Waals surface area contributed by atoms with Crippen LogP contribution in [0.25, 0.3) is 0 Å². The molecule has 0 radical (unpaired) electrons. The van der Waals surface area contributed by atoms with Gasteiger partial charge in [0.1, 0.15) is 0 Å². The molecule has 0 saturated carbocycles. The highest BCUT2D eigenvalue weighted by molar-refractivity contribution is 8.00. The quantitative estimate of drug-likeness (QED) is 0.443. The van der Waals surface area contributed by atoms with Gasteiger partial charge in [0, 0.05) is 11.8 Å². The van der Waals surface area contributed by atoms with Crippen molar-refractivity contribution in [2.75, 3.05) is 19.9 Å². The first-order valence-corrected chi connectivity index (χ1v) is 11.1. The summed E-state index contributed by atoms with van der Waals surface area (Å²) in [5, 5.41) is 0. The number of thioether (sulfide) groups is 1. The van der Waals surface area contributed by atoms with E-state index >= 15 is 0 Å². The fourth-order valence-corrected chi connectivity index (χ4v) is 4.62. The van der Waals surface area contributed by atoms with Gasteiger partial charge in [-0.25, -0.2) is 0 Å². The zero-order chi connectivity index (χ0) is 20.7. The number of ether oxygens (including phenoxy) is 1. The lowest BCUT2D eigenvalue weighted by atomic mass is 9.91. The molecule has 4 heteroatoms. The third kappa shape index (κ3) is 6.25. The van der Waals surface area contributed by atoms with E-state index < -0.39 is 0 Å². The Labute approximate surface area is 175 Å². The van der Waals surface area contributed by atoms with E-state index in [1.54, 1.807) is 0 Å². The van der Waals surface area contributed by atoms with Crippen LogP contribution < -0.4 is 0 Å². The van der Waals surface area contributed by atoms with Gasteiger partial charge >= 0.3 is 5.97 Å². The molecule has 0 spiro atoms. The van der Waals surface area contributed by atoms with Crippen molar-refractivity contribution >= 4 is 17.7 Å². The Hall–Kier alpha value is -1.52. The molecule has 1 fully saturated rings. The first-order valence-electron chi connectivity index (χ1n) is 10.1. The maximum Gasteiger partial charge on any atom is 0.312 e. The number of esters is 1. The lowest BCUT2D eigenvalue weighted by molar-refractivity contribution is -0.143. The van der Waals surface area contributed by atoms with Crippen molar-refractivity contribution in [2.45, 2.75) is 45.0 Å². The van der Waals surface area contributed by atoms with Gasteiger partial charge in [0.05, 0.1) is 17.9 Å². The van der Waals surface area contributed by atoms with Crippen molar-refractivity contribution in [1.82, 2.24) is 4.90 Å². The molecule has 1 aromatic carbocycles. The SMILES string of the molecule is COC(=O)[C@@H](/C=C/[C@@H](/C=C/[C@@H]1CSC(C)(C)N1C)C(C)C)Cc1ccccc1. The predicted molar refractivity (Wildman–Crippen MR) is 120 cm³/mol. The number of hydrogen-bond acceptors (Lipinski definition) is 4. The van der Waals surface area contributed by atoms with Crippen LogP contribution in [0.5, 0.6) is 0 Å². The number of hydrogen-bond donors (Lipinski definition) is 0. The third-order valence-corrected chi connectivity index (χ3v) is 7.15. The molecule has 2 rings (SSSR count). The number of methoxy groups -OCH3 is 1. The van der Waals surface area contributed by atoms with Gasteiger partial charge in [0.15, 0.2) is 0 Å². The van der Waals surface area contributed by atoms with Crippen LogP contribution >= 0.6 is 11.8 Å². The predicted octanol–water partition coefficient (Wildman–Crippen LogP) is 5.19. The van der Waals surface area contributed by atoms with Gasteiger partial charge in [0.25, 0.3) is 0 Å². The zero-order valence-electron chi connectivity index (χ0n) is 18.1. The Bertz CT molecular complexity index is 681. The Morgan fingerprint density at radius 3 is 2.46 bits per heavy atom. The summed E-state index contributed by atoms with van der Waals surface area (Å²) < 4.78 is 5.04. The van der Waals surface area contributed by atoms with Crippen molar-refractivity contribution in [3.63, 3.8) is 0 Å². The molecule has 0 aromatic heterocycles. The molecule has 0 aliphatic carbocycles. The summed E-state index contributed by atoms with van der Waals surface area (Å²) in [7, 11) is 3.66. The molecule has 0 unspecified atom stereocenters. The standard InChI is InChI=1S/C24H35NO2S/c1-18(2)20(14-15-22-17-28-24(3,4)25(22)5)12-13-21(23(26)27-6)16-19-10-8-7-9-11-19/h7-15,18,20-22H,16-17H2,1-6H3/b13-12+,15-14+/t20-,21-,22+/m0/s1. The molecular formula is C24H35NO2S. The van der Waals surface area contributed by atoms with Gasteiger partial charge in [0.2, 0.25) is 0 Å². The molecule has 3 atom stereocenters. The van der Waals surface area contributed by atoms with Crippen molar-refractivity contribution in [3.8, 4) is 0 Å². The number of rotatable bonds is 8. The Balaban J connectivity index is 2.10. The largest absolute Gasteiger partial charge is 0.469 e. The Morgan fingerprint density at radius 1 is 1.25 bits per heavy atom. The van der Waals surface area contributed by atoms with Crippen molar-refractivity contribution in [2.24, 2.45) is 17.8 Å². The second kappa shape index (κ2) is 10.3. The topological polar surface area (TPSA) is 29.5 Å². The Morgan fingerprint density at radius 2 is 1.93 bits per heavy atom. The molecule has 28 heavy (non-hydrogen) atoms. The number of carbonyl (C=O) groups excluding carboxylic acids is 1. The second-order valence-electron chi connectivity index (χ2n) is 8.35. The van der Waals surface area contributed by atoms with E-state index in [4.69, 9.17) is 4.74 Å². The van der Waals surface area contributed by atoms with E-state index in [0.717, 1.165) is 11.3 Å². The smallest absolute Gasteiger partial charge is 0.312 e. The molecule has 0 N–H and O–H groups in total. The van der Waals surface area contributed by atoms with E-state index in [0.29, 0.717) is 24.3 Å². The summed E-state index contributed by atoms with van der Waals surface area (Å²) in [6.45, 7) is 8.99. The maximum absolute atomic E-state index is 12.3. The highest BCUT2D eigenvalue weighted by atomic mass is 32.2. The highest BCUT2D eigenvalue weighted by Gasteiger charge is 2.35. The lowest BCUT2D eigenvalue weighted by Crippen LogP contribution is -2.37. The van der Waals surface area contributed by atoms with Crippen LogP contribution in [0.4, 0.5) is 0 Å². The van der Waals surface area contributed by atoms with Crippen LogP contribution in [0, 0.1) is 17.8 Å². The zero-order valence-corrected chi connectivity index (χ0v) is 18.9. The average molecular weight is 402 g/mol. The monoisotopic (exact) mass is 401 g/mol. The molecule has 1 aliphatic rings. The van der Waals surface area contributed by atoms with Crippen LogP contribution in [0.15, 0.2) is 54.6 Å². The average Bonchev–Trinajstić information content (AvgIpc) is 2.93. The van der Waals surface area contributed by atoms with Crippen molar-refractivity contribution < 1.29 is 9.53 Å². The van der Waals surface area contributed by atoms with E-state index in [1.165, 1.54) is 7.11 Å². The molecule has 1 saturated heterocycles.